The van der Waals surface area contributed by atoms with Crippen molar-refractivity contribution < 1.29 is 4.79 Å². The van der Waals surface area contributed by atoms with Crippen LogP contribution < -0.4 is 16.7 Å². The van der Waals surface area contributed by atoms with Crippen LogP contribution in [-0.4, -0.2) is 10.1 Å². The number of carbonyl (C=O) groups is 1. The van der Waals surface area contributed by atoms with E-state index in [0.29, 0.717) is 5.39 Å². The van der Waals surface area contributed by atoms with Crippen molar-refractivity contribution in [1.82, 2.24) is 4.07 Å². The van der Waals surface area contributed by atoms with E-state index >= 15 is 0 Å². The maximum absolute atomic E-state index is 11.6. The number of aromatic nitrogens is 1. The largest absolute Gasteiger partial charge is 0.350 e. The summed E-state index contributed by atoms with van der Waals surface area (Å²) in [5, 5.41) is 0.575. The third-order valence-electron chi connectivity index (χ3n) is 1.70. The molecule has 0 saturated carbocycles. The van der Waals surface area contributed by atoms with Gasteiger partial charge in [0.05, 0.1) is 10.1 Å². The molecule has 2 aromatic rings. The molecule has 0 saturated heterocycles. The lowest BCUT2D eigenvalue weighted by Gasteiger charge is -1.96. The summed E-state index contributed by atoms with van der Waals surface area (Å²) in [5.74, 6) is 0. The lowest BCUT2D eigenvalue weighted by molar-refractivity contribution is 0.257. The number of hydrogen-bond acceptors (Lipinski definition) is 3. The molecule has 3 N–H and O–H groups in total. The molecule has 1 aromatic heterocycles. The second-order valence-electron chi connectivity index (χ2n) is 2.66. The summed E-state index contributed by atoms with van der Waals surface area (Å²) in [4.78, 5) is 22.1. The lowest BCUT2D eigenvalue weighted by atomic mass is 10.3. The molecule has 1 aromatic carbocycles. The van der Waals surface area contributed by atoms with Crippen molar-refractivity contribution in [3.05, 3.63) is 34.6 Å². The molecule has 0 bridgehead atoms. The number of fused-ring (bicyclic) bond motifs is 1. The molecule has 0 spiro atoms. The minimum atomic E-state index is -0.751. The fourth-order valence-corrected chi connectivity index (χ4v) is 2.05. The Bertz CT molecular complexity index is 543. The molecular formula is C8H7N3O2S. The molecule has 0 unspecified atom stereocenters. The van der Waals surface area contributed by atoms with E-state index in [4.69, 9.17) is 5.73 Å². The van der Waals surface area contributed by atoms with Crippen molar-refractivity contribution in [3.63, 3.8) is 0 Å². The third-order valence-corrected chi connectivity index (χ3v) is 2.70. The molecule has 72 valence electrons. The lowest BCUT2D eigenvalue weighted by Crippen LogP contribution is -2.32. The molecule has 0 atom stereocenters. The van der Waals surface area contributed by atoms with Gasteiger partial charge in [-0.3, -0.25) is 4.79 Å². The molecule has 0 radical (unpaired) electrons. The number of nitrogens with zero attached hydrogens (tertiary/aromatic N) is 1. The number of benzene rings is 1. The van der Waals surface area contributed by atoms with Crippen LogP contribution in [0.5, 0.6) is 0 Å². The zero-order valence-corrected chi connectivity index (χ0v) is 7.88. The van der Waals surface area contributed by atoms with Gasteiger partial charge < -0.3 is 5.73 Å². The highest BCUT2D eigenvalue weighted by Crippen LogP contribution is 2.14. The van der Waals surface area contributed by atoms with Gasteiger partial charge in [-0.1, -0.05) is 12.1 Å². The number of amides is 2. The van der Waals surface area contributed by atoms with Crippen molar-refractivity contribution in [2.75, 3.05) is 5.43 Å². The molecular weight excluding hydrogens is 202 g/mol. The molecule has 5 nitrogen and oxygen atoms in total. The van der Waals surface area contributed by atoms with Gasteiger partial charge >= 0.3 is 6.03 Å². The molecule has 2 amide bonds. The van der Waals surface area contributed by atoms with Crippen LogP contribution in [0.15, 0.2) is 29.1 Å². The van der Waals surface area contributed by atoms with Crippen LogP contribution in [0.4, 0.5) is 4.79 Å². The fourth-order valence-electron chi connectivity index (χ4n) is 1.15. The van der Waals surface area contributed by atoms with E-state index in [2.05, 4.69) is 5.43 Å². The van der Waals surface area contributed by atoms with Gasteiger partial charge in [0.1, 0.15) is 0 Å². The summed E-state index contributed by atoms with van der Waals surface area (Å²) < 4.78 is 1.93. The van der Waals surface area contributed by atoms with Crippen LogP contribution in [0.1, 0.15) is 0 Å². The van der Waals surface area contributed by atoms with E-state index in [1.54, 1.807) is 18.2 Å². The first kappa shape index (κ1) is 8.76. The Morgan fingerprint density at radius 3 is 2.79 bits per heavy atom. The standard InChI is InChI=1S/C8H7N3O2S/c9-8(13)10-11-7(12)5-3-1-2-4-6(5)14-11/h1-4H,(H3,9,10,13). The average molecular weight is 209 g/mol. The Morgan fingerprint density at radius 2 is 2.14 bits per heavy atom. The van der Waals surface area contributed by atoms with Gasteiger partial charge in [0.15, 0.2) is 0 Å². The van der Waals surface area contributed by atoms with E-state index in [1.165, 1.54) is 0 Å². The quantitative estimate of drug-likeness (QED) is 0.724. The van der Waals surface area contributed by atoms with Crippen molar-refractivity contribution >= 4 is 27.6 Å². The van der Waals surface area contributed by atoms with Crippen LogP contribution in [0.3, 0.4) is 0 Å². The Hall–Kier alpha value is -1.82. The molecule has 0 aliphatic rings. The molecule has 0 aliphatic carbocycles. The zero-order chi connectivity index (χ0) is 10.1. The summed E-state index contributed by atoms with van der Waals surface area (Å²) in [5.41, 5.74) is 6.88. The number of nitrogens with two attached hydrogens (primary N) is 1. The molecule has 0 fully saturated rings. The van der Waals surface area contributed by atoms with E-state index in [1.807, 2.05) is 6.07 Å². The summed E-state index contributed by atoms with van der Waals surface area (Å²) in [6.45, 7) is 0. The summed E-state index contributed by atoms with van der Waals surface area (Å²) in [6.07, 6.45) is 0. The van der Waals surface area contributed by atoms with E-state index in [0.717, 1.165) is 20.3 Å². The number of rotatable bonds is 1. The maximum atomic E-state index is 11.6. The van der Waals surface area contributed by atoms with E-state index in [-0.39, 0.29) is 5.56 Å². The first-order valence-corrected chi connectivity index (χ1v) is 4.63. The number of primary amides is 1. The Labute approximate surface area is 82.9 Å². The number of urea groups is 1. The molecule has 6 heteroatoms. The van der Waals surface area contributed by atoms with Crippen LogP contribution in [0, 0.1) is 0 Å². The Kier molecular flexibility index (Phi) is 1.97. The number of hydrogen-bond donors (Lipinski definition) is 2. The number of nitrogens with one attached hydrogen (secondary N) is 1. The highest BCUT2D eigenvalue weighted by Gasteiger charge is 2.06. The first-order valence-electron chi connectivity index (χ1n) is 3.86. The zero-order valence-electron chi connectivity index (χ0n) is 7.06. The van der Waals surface area contributed by atoms with E-state index in [9.17, 15) is 9.59 Å². The smallest absolute Gasteiger partial charge is 0.332 e. The summed E-state index contributed by atoms with van der Waals surface area (Å²) >= 11 is 1.14. The van der Waals surface area contributed by atoms with Crippen molar-refractivity contribution in [2.24, 2.45) is 5.73 Å². The second-order valence-corrected chi connectivity index (χ2v) is 3.65. The normalized spacial score (nSPS) is 10.3. The minimum absolute atomic E-state index is 0.260. The van der Waals surface area contributed by atoms with E-state index < -0.39 is 6.03 Å². The fraction of sp³-hybridized carbons (Fsp3) is 0. The Balaban J connectivity index is 2.63. The molecule has 14 heavy (non-hydrogen) atoms. The molecule has 2 rings (SSSR count). The second kappa shape index (κ2) is 3.15. The topological polar surface area (TPSA) is 77.1 Å². The van der Waals surface area contributed by atoms with Crippen molar-refractivity contribution in [1.29, 1.82) is 0 Å². The van der Waals surface area contributed by atoms with Crippen molar-refractivity contribution in [2.45, 2.75) is 0 Å². The molecule has 1 heterocycles. The van der Waals surface area contributed by atoms with Gasteiger partial charge in [0, 0.05) is 0 Å². The van der Waals surface area contributed by atoms with Gasteiger partial charge in [0.2, 0.25) is 0 Å². The van der Waals surface area contributed by atoms with Crippen molar-refractivity contribution in [3.8, 4) is 0 Å². The summed E-state index contributed by atoms with van der Waals surface area (Å²) in [6, 6.07) is 6.35. The van der Waals surface area contributed by atoms with Gasteiger partial charge in [-0.25, -0.2) is 10.2 Å². The van der Waals surface area contributed by atoms with Crippen LogP contribution in [0.25, 0.3) is 10.1 Å². The minimum Gasteiger partial charge on any atom is -0.350 e. The van der Waals surface area contributed by atoms with Crippen LogP contribution in [-0.2, 0) is 0 Å². The maximum Gasteiger partial charge on any atom is 0.332 e. The summed E-state index contributed by atoms with van der Waals surface area (Å²) in [7, 11) is 0. The average Bonchev–Trinajstić information content (AvgIpc) is 2.44. The van der Waals surface area contributed by atoms with Gasteiger partial charge in [-0.2, -0.15) is 4.07 Å². The van der Waals surface area contributed by atoms with Crippen LogP contribution in [0.2, 0.25) is 0 Å². The van der Waals surface area contributed by atoms with Crippen LogP contribution >= 0.6 is 11.5 Å². The number of carbonyl (C=O) groups excluding carboxylic acids is 1. The van der Waals surface area contributed by atoms with Gasteiger partial charge in [-0.05, 0) is 23.7 Å². The van der Waals surface area contributed by atoms with Gasteiger partial charge in [-0.15, -0.1) is 0 Å². The van der Waals surface area contributed by atoms with Gasteiger partial charge in [0.25, 0.3) is 5.56 Å². The third kappa shape index (κ3) is 1.35. The SMILES string of the molecule is NC(=O)Nn1sc2ccccc2c1=O. The Morgan fingerprint density at radius 1 is 1.43 bits per heavy atom. The first-order chi connectivity index (χ1) is 6.68. The monoisotopic (exact) mass is 209 g/mol. The highest BCUT2D eigenvalue weighted by atomic mass is 32.1. The molecule has 0 aliphatic heterocycles. The predicted molar refractivity (Wildman–Crippen MR) is 55.0 cm³/mol. The highest BCUT2D eigenvalue weighted by molar-refractivity contribution is 7.14. The predicted octanol–water partition coefficient (Wildman–Crippen LogP) is 0.685.